The summed E-state index contributed by atoms with van der Waals surface area (Å²) in [7, 11) is 0. The van der Waals surface area contributed by atoms with Gasteiger partial charge in [-0.3, -0.25) is 19.7 Å². The third kappa shape index (κ3) is 2.12. The first-order valence-electron chi connectivity index (χ1n) is 6.81. The quantitative estimate of drug-likeness (QED) is 0.473. The molecule has 0 saturated heterocycles. The van der Waals surface area contributed by atoms with E-state index < -0.39 is 22.7 Å². The summed E-state index contributed by atoms with van der Waals surface area (Å²) in [6.45, 7) is 1.45. The largest absolute Gasteiger partial charge is 0.545 e. The van der Waals surface area contributed by atoms with Crippen molar-refractivity contribution in [2.45, 2.75) is 6.92 Å². The number of anilines is 1. The van der Waals surface area contributed by atoms with Gasteiger partial charge in [-0.05, 0) is 24.6 Å². The van der Waals surface area contributed by atoms with Gasteiger partial charge in [-0.25, -0.2) is 4.90 Å². The zero-order valence-corrected chi connectivity index (χ0v) is 12.3. The number of nitro groups is 1. The summed E-state index contributed by atoms with van der Waals surface area (Å²) in [5, 5.41) is 22.0. The van der Waals surface area contributed by atoms with Crippen molar-refractivity contribution in [3.8, 4) is 0 Å². The summed E-state index contributed by atoms with van der Waals surface area (Å²) in [6.07, 6.45) is 0. The fourth-order valence-corrected chi connectivity index (χ4v) is 2.65. The van der Waals surface area contributed by atoms with Crippen molar-refractivity contribution >= 4 is 29.2 Å². The lowest BCUT2D eigenvalue weighted by molar-refractivity contribution is -0.384. The molecule has 0 aromatic heterocycles. The van der Waals surface area contributed by atoms with E-state index in [-0.39, 0.29) is 33.6 Å². The van der Waals surface area contributed by atoms with Crippen LogP contribution in [0.25, 0.3) is 0 Å². The molecule has 2 aromatic carbocycles. The molecule has 24 heavy (non-hydrogen) atoms. The average molecular weight is 325 g/mol. The van der Waals surface area contributed by atoms with Gasteiger partial charge in [0.1, 0.15) is 0 Å². The van der Waals surface area contributed by atoms with E-state index >= 15 is 0 Å². The monoisotopic (exact) mass is 325 g/mol. The molecule has 0 saturated carbocycles. The highest BCUT2D eigenvalue weighted by atomic mass is 16.6. The molecule has 0 fully saturated rings. The first-order valence-corrected chi connectivity index (χ1v) is 6.81. The number of nitro benzene ring substituents is 1. The van der Waals surface area contributed by atoms with Crippen LogP contribution in [0.4, 0.5) is 11.4 Å². The highest BCUT2D eigenvalue weighted by Crippen LogP contribution is 2.33. The Balaban J connectivity index is 2.14. The number of imide groups is 1. The van der Waals surface area contributed by atoms with Crippen molar-refractivity contribution in [2.75, 3.05) is 4.90 Å². The standard InChI is InChI=1S/C16H10N2O6/c1-8-10(16(21)22)3-2-4-13(8)17-14(19)11-6-5-9(18(23)24)7-12(11)15(17)20/h2-7H,1H3,(H,21,22)/p-1. The zero-order valence-electron chi connectivity index (χ0n) is 12.3. The van der Waals surface area contributed by atoms with Crippen molar-refractivity contribution < 1.29 is 24.4 Å². The van der Waals surface area contributed by atoms with E-state index in [0.717, 1.165) is 17.0 Å². The highest BCUT2D eigenvalue weighted by Gasteiger charge is 2.38. The fraction of sp³-hybridized carbons (Fsp3) is 0.0625. The lowest BCUT2D eigenvalue weighted by Gasteiger charge is -2.19. The second kappa shape index (κ2) is 5.27. The van der Waals surface area contributed by atoms with E-state index in [2.05, 4.69) is 0 Å². The average Bonchev–Trinajstić information content (AvgIpc) is 2.78. The molecule has 0 radical (unpaired) electrons. The van der Waals surface area contributed by atoms with Gasteiger partial charge < -0.3 is 9.90 Å². The minimum Gasteiger partial charge on any atom is -0.545 e. The van der Waals surface area contributed by atoms with Gasteiger partial charge in [0, 0.05) is 17.7 Å². The predicted molar refractivity (Wildman–Crippen MR) is 79.7 cm³/mol. The maximum absolute atomic E-state index is 12.5. The molecule has 0 spiro atoms. The van der Waals surface area contributed by atoms with Crippen LogP contribution < -0.4 is 10.0 Å². The minimum absolute atomic E-state index is 0.0313. The Morgan fingerprint density at radius 2 is 1.75 bits per heavy atom. The SMILES string of the molecule is Cc1c(C(=O)[O-])cccc1N1C(=O)c2ccc([N+](=O)[O-])cc2C1=O. The van der Waals surface area contributed by atoms with Gasteiger partial charge in [0.05, 0.1) is 27.7 Å². The van der Waals surface area contributed by atoms with Crippen LogP contribution in [0.2, 0.25) is 0 Å². The number of nitrogens with zero attached hydrogens (tertiary/aromatic N) is 2. The molecular weight excluding hydrogens is 316 g/mol. The van der Waals surface area contributed by atoms with E-state index in [0.29, 0.717) is 0 Å². The Hall–Kier alpha value is -3.55. The first kappa shape index (κ1) is 15.3. The van der Waals surface area contributed by atoms with Gasteiger partial charge in [0.2, 0.25) is 0 Å². The number of carboxylic acid groups (broad SMARTS) is 1. The molecule has 2 amide bonds. The molecule has 8 heteroatoms. The number of carbonyl (C=O) groups excluding carboxylic acids is 3. The highest BCUT2D eigenvalue weighted by molar-refractivity contribution is 6.35. The summed E-state index contributed by atoms with van der Waals surface area (Å²) < 4.78 is 0. The number of benzene rings is 2. The zero-order chi connectivity index (χ0) is 17.6. The minimum atomic E-state index is -1.43. The molecule has 0 bridgehead atoms. The Labute approximate surface area is 135 Å². The Kier molecular flexibility index (Phi) is 3.37. The molecule has 0 N–H and O–H groups in total. The summed E-state index contributed by atoms with van der Waals surface area (Å²) in [6, 6.07) is 7.51. The summed E-state index contributed by atoms with van der Waals surface area (Å²) >= 11 is 0. The number of carbonyl (C=O) groups is 3. The molecule has 1 heterocycles. The summed E-state index contributed by atoms with van der Waals surface area (Å²) in [5.74, 6) is -2.83. The molecule has 2 aromatic rings. The van der Waals surface area contributed by atoms with Crippen LogP contribution in [0.1, 0.15) is 36.6 Å². The second-order valence-corrected chi connectivity index (χ2v) is 5.17. The van der Waals surface area contributed by atoms with E-state index in [1.165, 1.54) is 31.2 Å². The molecule has 0 atom stereocenters. The molecule has 3 rings (SSSR count). The maximum Gasteiger partial charge on any atom is 0.270 e. The van der Waals surface area contributed by atoms with Crippen LogP contribution >= 0.6 is 0 Å². The fourth-order valence-electron chi connectivity index (χ4n) is 2.65. The number of amides is 2. The number of carboxylic acids is 1. The molecule has 0 aliphatic carbocycles. The third-order valence-corrected chi connectivity index (χ3v) is 3.85. The van der Waals surface area contributed by atoms with E-state index in [4.69, 9.17) is 0 Å². The lowest BCUT2D eigenvalue weighted by Crippen LogP contribution is -2.31. The molecule has 8 nitrogen and oxygen atoms in total. The van der Waals surface area contributed by atoms with Gasteiger partial charge in [-0.15, -0.1) is 0 Å². The van der Waals surface area contributed by atoms with Gasteiger partial charge in [-0.2, -0.15) is 0 Å². The summed E-state index contributed by atoms with van der Waals surface area (Å²) in [5.41, 5.74) is -0.213. The van der Waals surface area contributed by atoms with Gasteiger partial charge in [0.25, 0.3) is 17.5 Å². The van der Waals surface area contributed by atoms with Crippen molar-refractivity contribution in [1.82, 2.24) is 0 Å². The van der Waals surface area contributed by atoms with Crippen LogP contribution in [0.15, 0.2) is 36.4 Å². The lowest BCUT2D eigenvalue weighted by atomic mass is 10.1. The third-order valence-electron chi connectivity index (χ3n) is 3.85. The predicted octanol–water partition coefficient (Wildman–Crippen LogP) is 1.07. The van der Waals surface area contributed by atoms with E-state index in [9.17, 15) is 29.6 Å². The topological polar surface area (TPSA) is 121 Å². The van der Waals surface area contributed by atoms with Crippen LogP contribution in [-0.4, -0.2) is 22.7 Å². The van der Waals surface area contributed by atoms with Crippen LogP contribution in [0.3, 0.4) is 0 Å². The number of hydrogen-bond acceptors (Lipinski definition) is 6. The molecule has 120 valence electrons. The molecular formula is C16H9N2O6-. The second-order valence-electron chi connectivity index (χ2n) is 5.17. The van der Waals surface area contributed by atoms with Crippen molar-refractivity contribution in [1.29, 1.82) is 0 Å². The first-order chi connectivity index (χ1) is 11.3. The number of hydrogen-bond donors (Lipinski definition) is 0. The van der Waals surface area contributed by atoms with E-state index in [1.54, 1.807) is 0 Å². The number of aromatic carboxylic acids is 1. The van der Waals surface area contributed by atoms with Crippen LogP contribution in [0.5, 0.6) is 0 Å². The van der Waals surface area contributed by atoms with Crippen LogP contribution in [-0.2, 0) is 0 Å². The van der Waals surface area contributed by atoms with Gasteiger partial charge in [-0.1, -0.05) is 12.1 Å². The Morgan fingerprint density at radius 3 is 2.38 bits per heavy atom. The van der Waals surface area contributed by atoms with Crippen molar-refractivity contribution in [2.24, 2.45) is 0 Å². The number of non-ortho nitro benzene ring substituents is 1. The number of fused-ring (bicyclic) bond motifs is 1. The van der Waals surface area contributed by atoms with Gasteiger partial charge >= 0.3 is 0 Å². The molecule has 1 aliphatic heterocycles. The van der Waals surface area contributed by atoms with E-state index in [1.807, 2.05) is 0 Å². The Morgan fingerprint density at radius 1 is 1.08 bits per heavy atom. The van der Waals surface area contributed by atoms with Crippen molar-refractivity contribution in [3.63, 3.8) is 0 Å². The van der Waals surface area contributed by atoms with Crippen LogP contribution in [0, 0.1) is 17.0 Å². The summed E-state index contributed by atoms with van der Waals surface area (Å²) in [4.78, 5) is 47.1. The molecule has 1 aliphatic rings. The Bertz CT molecular complexity index is 934. The van der Waals surface area contributed by atoms with Crippen molar-refractivity contribution in [3.05, 3.63) is 68.8 Å². The maximum atomic E-state index is 12.5. The smallest absolute Gasteiger partial charge is 0.270 e. The normalized spacial score (nSPS) is 13.1. The number of rotatable bonds is 3. The van der Waals surface area contributed by atoms with Gasteiger partial charge in [0.15, 0.2) is 0 Å². The molecule has 0 unspecified atom stereocenters.